The lowest BCUT2D eigenvalue weighted by Gasteiger charge is -2.17. The topological polar surface area (TPSA) is 112 Å². The second-order valence-electron chi connectivity index (χ2n) is 11.3. The van der Waals surface area contributed by atoms with E-state index in [1.165, 1.54) is 12.1 Å². The zero-order chi connectivity index (χ0) is 28.0. The van der Waals surface area contributed by atoms with Crippen molar-refractivity contribution in [3.63, 3.8) is 0 Å². The first kappa shape index (κ1) is 25.4. The van der Waals surface area contributed by atoms with E-state index in [2.05, 4.69) is 35.5 Å². The molecule has 6 rings (SSSR count). The maximum Gasteiger partial charge on any atom is 0.224 e. The highest BCUT2D eigenvalue weighted by Crippen LogP contribution is 2.35. The molecule has 0 unspecified atom stereocenters. The molecular weight excluding hydrogens is 505 g/mol. The SMILES string of the molecule is Cc1cc(F)cc(-c2cncc3[nH]c(-c4n[nH]c5ncc(-c6cncc(NC(=O)CC(C)(C)C)c6)cc45)cc23)c1. The Balaban J connectivity index is 1.37. The molecule has 40 heavy (non-hydrogen) atoms. The number of aromatic nitrogens is 6. The summed E-state index contributed by atoms with van der Waals surface area (Å²) in [4.78, 5) is 29.1. The smallest absolute Gasteiger partial charge is 0.224 e. The third kappa shape index (κ3) is 5.05. The number of hydrogen-bond acceptors (Lipinski definition) is 5. The van der Waals surface area contributed by atoms with Crippen LogP contribution in [0.25, 0.3) is 55.6 Å². The van der Waals surface area contributed by atoms with Crippen molar-refractivity contribution in [3.8, 4) is 33.6 Å². The molecule has 0 spiro atoms. The van der Waals surface area contributed by atoms with Crippen molar-refractivity contribution < 1.29 is 9.18 Å². The number of aromatic amines is 2. The first-order chi connectivity index (χ1) is 19.1. The van der Waals surface area contributed by atoms with Crippen molar-refractivity contribution in [1.82, 2.24) is 30.1 Å². The van der Waals surface area contributed by atoms with E-state index in [1.54, 1.807) is 31.0 Å². The quantitative estimate of drug-likeness (QED) is 0.220. The molecule has 1 amide bonds. The van der Waals surface area contributed by atoms with Gasteiger partial charge in [0, 0.05) is 52.5 Å². The highest BCUT2D eigenvalue weighted by atomic mass is 19.1. The van der Waals surface area contributed by atoms with Gasteiger partial charge in [-0.15, -0.1) is 0 Å². The number of carbonyl (C=O) groups excluding carboxylic acids is 1. The minimum atomic E-state index is -0.285. The molecule has 0 fully saturated rings. The third-order valence-corrected chi connectivity index (χ3v) is 6.62. The van der Waals surface area contributed by atoms with Crippen LogP contribution in [0.15, 0.2) is 67.4 Å². The zero-order valence-corrected chi connectivity index (χ0v) is 22.6. The van der Waals surface area contributed by atoms with Gasteiger partial charge >= 0.3 is 0 Å². The number of halogens is 1. The van der Waals surface area contributed by atoms with Crippen molar-refractivity contribution in [2.45, 2.75) is 34.1 Å². The molecule has 0 radical (unpaired) electrons. The molecule has 0 bridgehead atoms. The van der Waals surface area contributed by atoms with Crippen LogP contribution in [-0.4, -0.2) is 36.0 Å². The van der Waals surface area contributed by atoms with Gasteiger partial charge in [-0.1, -0.05) is 26.8 Å². The van der Waals surface area contributed by atoms with Crippen molar-refractivity contribution >= 4 is 33.5 Å². The van der Waals surface area contributed by atoms with E-state index in [4.69, 9.17) is 0 Å². The Labute approximate surface area is 230 Å². The molecule has 0 saturated carbocycles. The van der Waals surface area contributed by atoms with Crippen LogP contribution in [0.4, 0.5) is 10.1 Å². The van der Waals surface area contributed by atoms with Crippen molar-refractivity contribution in [3.05, 3.63) is 78.8 Å². The van der Waals surface area contributed by atoms with Gasteiger partial charge in [-0.05, 0) is 53.8 Å². The summed E-state index contributed by atoms with van der Waals surface area (Å²) < 4.78 is 14.2. The fourth-order valence-electron chi connectivity index (χ4n) is 4.92. The lowest BCUT2D eigenvalue weighted by atomic mass is 9.92. The average Bonchev–Trinajstić information content (AvgIpc) is 3.50. The average molecular weight is 534 g/mol. The number of H-pyrrole nitrogens is 2. The summed E-state index contributed by atoms with van der Waals surface area (Å²) in [5, 5.41) is 12.2. The summed E-state index contributed by atoms with van der Waals surface area (Å²) in [5.74, 6) is -0.342. The number of pyridine rings is 3. The number of carbonyl (C=O) groups is 1. The Morgan fingerprint density at radius 1 is 0.900 bits per heavy atom. The summed E-state index contributed by atoms with van der Waals surface area (Å²) in [6, 6.07) is 10.9. The molecule has 0 aliphatic rings. The van der Waals surface area contributed by atoms with Crippen LogP contribution in [0.1, 0.15) is 32.8 Å². The first-order valence-corrected chi connectivity index (χ1v) is 13.0. The number of nitrogens with zero attached hydrogens (tertiary/aromatic N) is 4. The maximum atomic E-state index is 14.2. The number of amides is 1. The predicted molar refractivity (Wildman–Crippen MR) is 155 cm³/mol. The summed E-state index contributed by atoms with van der Waals surface area (Å²) in [7, 11) is 0. The number of nitrogens with one attached hydrogen (secondary N) is 3. The second kappa shape index (κ2) is 9.68. The molecule has 3 N–H and O–H groups in total. The third-order valence-electron chi connectivity index (χ3n) is 6.62. The van der Waals surface area contributed by atoms with Gasteiger partial charge in [0.05, 0.1) is 29.3 Å². The van der Waals surface area contributed by atoms with E-state index < -0.39 is 0 Å². The molecular formula is C31H28FN7O. The van der Waals surface area contributed by atoms with Crippen LogP contribution in [0.5, 0.6) is 0 Å². The molecule has 5 heterocycles. The van der Waals surface area contributed by atoms with Gasteiger partial charge < -0.3 is 10.3 Å². The zero-order valence-electron chi connectivity index (χ0n) is 22.6. The van der Waals surface area contributed by atoms with Gasteiger partial charge in [0.1, 0.15) is 11.5 Å². The lowest BCUT2D eigenvalue weighted by molar-refractivity contribution is -0.117. The minimum Gasteiger partial charge on any atom is -0.352 e. The minimum absolute atomic E-state index is 0.0572. The van der Waals surface area contributed by atoms with Crippen LogP contribution in [0.2, 0.25) is 0 Å². The van der Waals surface area contributed by atoms with E-state index in [-0.39, 0.29) is 17.1 Å². The Morgan fingerprint density at radius 2 is 1.70 bits per heavy atom. The van der Waals surface area contributed by atoms with E-state index in [9.17, 15) is 9.18 Å². The molecule has 200 valence electrons. The van der Waals surface area contributed by atoms with Crippen molar-refractivity contribution in [2.75, 3.05) is 5.32 Å². The largest absolute Gasteiger partial charge is 0.352 e. The van der Waals surface area contributed by atoms with Gasteiger partial charge in [-0.3, -0.25) is 19.9 Å². The fraction of sp³-hybridized carbons (Fsp3) is 0.194. The van der Waals surface area contributed by atoms with Crippen molar-refractivity contribution in [1.29, 1.82) is 0 Å². The van der Waals surface area contributed by atoms with E-state index >= 15 is 0 Å². The van der Waals surface area contributed by atoms with Gasteiger partial charge in [0.2, 0.25) is 5.91 Å². The molecule has 9 heteroatoms. The monoisotopic (exact) mass is 533 g/mol. The van der Waals surface area contributed by atoms with Crippen LogP contribution in [-0.2, 0) is 4.79 Å². The van der Waals surface area contributed by atoms with Crippen LogP contribution in [0.3, 0.4) is 0 Å². The molecule has 0 aliphatic carbocycles. The van der Waals surface area contributed by atoms with E-state index in [1.807, 2.05) is 52.0 Å². The molecule has 8 nitrogen and oxygen atoms in total. The summed E-state index contributed by atoms with van der Waals surface area (Å²) in [5.41, 5.74) is 7.54. The van der Waals surface area contributed by atoms with Gasteiger partial charge in [0.15, 0.2) is 5.65 Å². The Morgan fingerprint density at radius 3 is 2.50 bits per heavy atom. The number of fused-ring (bicyclic) bond motifs is 2. The van der Waals surface area contributed by atoms with E-state index in [0.717, 1.165) is 49.8 Å². The van der Waals surface area contributed by atoms with Gasteiger partial charge in [0.25, 0.3) is 0 Å². The highest BCUT2D eigenvalue weighted by molar-refractivity contribution is 6.01. The Hall–Kier alpha value is -4.92. The number of hydrogen-bond donors (Lipinski definition) is 3. The molecule has 6 aromatic rings. The van der Waals surface area contributed by atoms with Crippen LogP contribution >= 0.6 is 0 Å². The Kier molecular flexibility index (Phi) is 6.14. The van der Waals surface area contributed by atoms with Gasteiger partial charge in [-0.25, -0.2) is 9.37 Å². The summed E-state index contributed by atoms with van der Waals surface area (Å²) in [6.45, 7) is 7.95. The van der Waals surface area contributed by atoms with Crippen molar-refractivity contribution in [2.24, 2.45) is 5.41 Å². The Bertz CT molecular complexity index is 1880. The van der Waals surface area contributed by atoms with Gasteiger partial charge in [-0.2, -0.15) is 5.10 Å². The normalized spacial score (nSPS) is 11.8. The first-order valence-electron chi connectivity index (χ1n) is 13.0. The van der Waals surface area contributed by atoms with Crippen LogP contribution < -0.4 is 5.32 Å². The fourth-order valence-corrected chi connectivity index (χ4v) is 4.92. The summed E-state index contributed by atoms with van der Waals surface area (Å²) in [6.07, 6.45) is 9.03. The number of aryl methyl sites for hydroxylation is 1. The lowest BCUT2D eigenvalue weighted by Crippen LogP contribution is -2.19. The maximum absolute atomic E-state index is 14.2. The standard InChI is InChI=1S/C31H28FN7O/c1-17-5-18(7-21(32)6-17)25-15-34-16-27-23(25)10-26(37-27)29-24-9-20(13-35-30(24)39-38-29)19-8-22(14-33-12-19)36-28(40)11-31(2,3)4/h5-10,12-16,37H,11H2,1-4H3,(H,36,40)(H,35,38,39). The molecule has 0 saturated heterocycles. The second-order valence-corrected chi connectivity index (χ2v) is 11.3. The molecule has 5 aromatic heterocycles. The highest BCUT2D eigenvalue weighted by Gasteiger charge is 2.18. The molecule has 0 atom stereocenters. The molecule has 1 aromatic carbocycles. The molecule has 0 aliphatic heterocycles. The van der Waals surface area contributed by atoms with E-state index in [0.29, 0.717) is 23.4 Å². The number of benzene rings is 1. The predicted octanol–water partition coefficient (Wildman–Crippen LogP) is 7.05. The number of anilines is 1. The summed E-state index contributed by atoms with van der Waals surface area (Å²) >= 11 is 0. The van der Waals surface area contributed by atoms with Crippen LogP contribution in [0, 0.1) is 18.2 Å². The number of rotatable bonds is 5.